The standard InChI is InChI=1S/C15H19N5O2S/c1-2-5-23(21,22)19-10-6-11(7-10)20-9-18-13-8-17-15-12(14(13)20)3-4-16-15/h3-4,8-11,19H,2,5-7H2,1H3,(H,16,17). The van der Waals surface area contributed by atoms with E-state index >= 15 is 0 Å². The lowest BCUT2D eigenvalue weighted by Gasteiger charge is -2.36. The molecule has 0 unspecified atom stereocenters. The largest absolute Gasteiger partial charge is 0.346 e. The number of sulfonamides is 1. The van der Waals surface area contributed by atoms with Gasteiger partial charge in [-0.25, -0.2) is 23.1 Å². The molecule has 7 nitrogen and oxygen atoms in total. The summed E-state index contributed by atoms with van der Waals surface area (Å²) in [6.45, 7) is 1.87. The zero-order valence-corrected chi connectivity index (χ0v) is 13.7. The number of aromatic nitrogens is 4. The highest BCUT2D eigenvalue weighted by Crippen LogP contribution is 2.36. The summed E-state index contributed by atoms with van der Waals surface area (Å²) in [5, 5.41) is 1.05. The average molecular weight is 333 g/mol. The van der Waals surface area contributed by atoms with Gasteiger partial charge in [0, 0.05) is 23.7 Å². The molecule has 3 aromatic rings. The number of H-pyrrole nitrogens is 1. The Kier molecular flexibility index (Phi) is 3.38. The maximum atomic E-state index is 11.8. The van der Waals surface area contributed by atoms with Gasteiger partial charge in [-0.2, -0.15) is 0 Å². The lowest BCUT2D eigenvalue weighted by molar-refractivity contribution is 0.255. The minimum atomic E-state index is -3.14. The minimum Gasteiger partial charge on any atom is -0.346 e. The second-order valence-corrected chi connectivity index (χ2v) is 8.02. The minimum absolute atomic E-state index is 0.0255. The Hall–Kier alpha value is -1.93. The first-order valence-electron chi connectivity index (χ1n) is 7.86. The van der Waals surface area contributed by atoms with Crippen LogP contribution in [0.1, 0.15) is 32.2 Å². The van der Waals surface area contributed by atoms with Crippen LogP contribution in [0.25, 0.3) is 22.1 Å². The van der Waals surface area contributed by atoms with E-state index in [1.807, 2.05) is 25.5 Å². The molecule has 122 valence electrons. The summed E-state index contributed by atoms with van der Waals surface area (Å²) in [6, 6.07) is 2.30. The Morgan fingerprint density at radius 2 is 2.22 bits per heavy atom. The highest BCUT2D eigenvalue weighted by Gasteiger charge is 2.34. The third-order valence-electron chi connectivity index (χ3n) is 4.44. The summed E-state index contributed by atoms with van der Waals surface area (Å²) in [5.74, 6) is 0.192. The highest BCUT2D eigenvalue weighted by molar-refractivity contribution is 7.89. The second kappa shape index (κ2) is 5.31. The molecule has 1 aliphatic carbocycles. The van der Waals surface area contributed by atoms with Crippen LogP contribution in [0.2, 0.25) is 0 Å². The molecule has 1 aliphatic rings. The van der Waals surface area contributed by atoms with Crippen molar-refractivity contribution < 1.29 is 8.42 Å². The Bertz CT molecular complexity index is 953. The van der Waals surface area contributed by atoms with E-state index in [4.69, 9.17) is 0 Å². The maximum Gasteiger partial charge on any atom is 0.211 e. The van der Waals surface area contributed by atoms with Crippen LogP contribution >= 0.6 is 0 Å². The molecule has 3 heterocycles. The third-order valence-corrected chi connectivity index (χ3v) is 6.08. The molecular formula is C15H19N5O2S. The van der Waals surface area contributed by atoms with Gasteiger partial charge in [0.2, 0.25) is 10.0 Å². The number of pyridine rings is 1. The number of rotatable bonds is 5. The van der Waals surface area contributed by atoms with E-state index in [9.17, 15) is 8.42 Å². The van der Waals surface area contributed by atoms with Crippen LogP contribution in [0.3, 0.4) is 0 Å². The molecule has 0 amide bonds. The summed E-state index contributed by atoms with van der Waals surface area (Å²) in [6.07, 6.45) is 7.70. The van der Waals surface area contributed by atoms with E-state index < -0.39 is 10.0 Å². The zero-order valence-electron chi connectivity index (χ0n) is 12.9. The Balaban J connectivity index is 1.57. The van der Waals surface area contributed by atoms with Gasteiger partial charge in [0.25, 0.3) is 0 Å². The maximum absolute atomic E-state index is 11.8. The highest BCUT2D eigenvalue weighted by atomic mass is 32.2. The predicted octanol–water partition coefficient (Wildman–Crippen LogP) is 1.95. The topological polar surface area (TPSA) is 92.7 Å². The first-order valence-corrected chi connectivity index (χ1v) is 9.51. The van der Waals surface area contributed by atoms with Gasteiger partial charge in [-0.1, -0.05) is 6.92 Å². The molecule has 2 N–H and O–H groups in total. The quantitative estimate of drug-likeness (QED) is 0.746. The number of hydrogen-bond acceptors (Lipinski definition) is 4. The summed E-state index contributed by atoms with van der Waals surface area (Å²) in [7, 11) is -3.14. The number of imidazole rings is 1. The van der Waals surface area contributed by atoms with Gasteiger partial charge >= 0.3 is 0 Å². The van der Waals surface area contributed by atoms with Crippen molar-refractivity contribution in [3.05, 3.63) is 24.8 Å². The fourth-order valence-electron chi connectivity index (χ4n) is 3.30. The molecular weight excluding hydrogens is 314 g/mol. The number of aromatic amines is 1. The number of fused-ring (bicyclic) bond motifs is 3. The van der Waals surface area contributed by atoms with E-state index in [1.54, 1.807) is 6.20 Å². The van der Waals surface area contributed by atoms with E-state index in [0.29, 0.717) is 6.42 Å². The van der Waals surface area contributed by atoms with Crippen LogP contribution in [-0.2, 0) is 10.0 Å². The summed E-state index contributed by atoms with van der Waals surface area (Å²) in [5.41, 5.74) is 2.78. The predicted molar refractivity (Wildman–Crippen MR) is 88.7 cm³/mol. The molecule has 4 rings (SSSR count). The molecule has 0 saturated heterocycles. The average Bonchev–Trinajstić information content (AvgIpc) is 3.08. The molecule has 1 fully saturated rings. The van der Waals surface area contributed by atoms with E-state index in [2.05, 4.69) is 24.2 Å². The van der Waals surface area contributed by atoms with Crippen LogP contribution in [0, 0.1) is 0 Å². The molecule has 0 radical (unpaired) electrons. The first-order chi connectivity index (χ1) is 11.1. The van der Waals surface area contributed by atoms with Crippen molar-refractivity contribution in [2.45, 2.75) is 38.3 Å². The Labute approximate surface area is 134 Å². The van der Waals surface area contributed by atoms with Gasteiger partial charge in [0.1, 0.15) is 11.2 Å². The van der Waals surface area contributed by atoms with Crippen molar-refractivity contribution in [1.29, 1.82) is 0 Å². The smallest absolute Gasteiger partial charge is 0.211 e. The number of nitrogens with one attached hydrogen (secondary N) is 2. The van der Waals surface area contributed by atoms with Crippen molar-refractivity contribution in [2.75, 3.05) is 5.75 Å². The fraction of sp³-hybridized carbons (Fsp3) is 0.467. The van der Waals surface area contributed by atoms with Crippen LogP contribution < -0.4 is 4.72 Å². The molecule has 3 aromatic heterocycles. The second-order valence-electron chi connectivity index (χ2n) is 6.14. The van der Waals surface area contributed by atoms with Crippen molar-refractivity contribution in [3.63, 3.8) is 0 Å². The summed E-state index contributed by atoms with van der Waals surface area (Å²) in [4.78, 5) is 11.9. The van der Waals surface area contributed by atoms with Crippen molar-refractivity contribution in [1.82, 2.24) is 24.2 Å². The van der Waals surface area contributed by atoms with Gasteiger partial charge in [-0.15, -0.1) is 0 Å². The van der Waals surface area contributed by atoms with E-state index in [1.165, 1.54) is 0 Å². The van der Waals surface area contributed by atoms with Crippen LogP contribution in [0.4, 0.5) is 0 Å². The molecule has 0 aromatic carbocycles. The molecule has 8 heteroatoms. The first kappa shape index (κ1) is 14.6. The van der Waals surface area contributed by atoms with Crippen LogP contribution in [-0.4, -0.2) is 39.7 Å². The summed E-state index contributed by atoms with van der Waals surface area (Å²) < 4.78 is 28.6. The third kappa shape index (κ3) is 2.51. The number of nitrogens with zero attached hydrogens (tertiary/aromatic N) is 3. The Morgan fingerprint density at radius 3 is 3.00 bits per heavy atom. The van der Waals surface area contributed by atoms with Gasteiger partial charge in [0.15, 0.2) is 0 Å². The van der Waals surface area contributed by atoms with Crippen LogP contribution in [0.5, 0.6) is 0 Å². The van der Waals surface area contributed by atoms with Crippen molar-refractivity contribution in [3.8, 4) is 0 Å². The normalized spacial score (nSPS) is 21.8. The van der Waals surface area contributed by atoms with Gasteiger partial charge < -0.3 is 9.55 Å². The molecule has 0 bridgehead atoms. The SMILES string of the molecule is CCCS(=O)(=O)NC1CC(n2cnc3cnc4[nH]ccc4c32)C1. The summed E-state index contributed by atoms with van der Waals surface area (Å²) >= 11 is 0. The van der Waals surface area contributed by atoms with E-state index in [0.717, 1.165) is 34.9 Å². The molecule has 0 atom stereocenters. The van der Waals surface area contributed by atoms with Crippen molar-refractivity contribution in [2.24, 2.45) is 0 Å². The molecule has 0 spiro atoms. The molecule has 23 heavy (non-hydrogen) atoms. The molecule has 0 aliphatic heterocycles. The van der Waals surface area contributed by atoms with Gasteiger partial charge in [-0.05, 0) is 25.3 Å². The Morgan fingerprint density at radius 1 is 1.39 bits per heavy atom. The lowest BCUT2D eigenvalue weighted by Crippen LogP contribution is -2.45. The van der Waals surface area contributed by atoms with Gasteiger partial charge in [0.05, 0.1) is 23.8 Å². The van der Waals surface area contributed by atoms with Gasteiger partial charge in [-0.3, -0.25) is 0 Å². The number of hydrogen-bond donors (Lipinski definition) is 2. The van der Waals surface area contributed by atoms with Crippen LogP contribution in [0.15, 0.2) is 24.8 Å². The van der Waals surface area contributed by atoms with Crippen molar-refractivity contribution >= 4 is 32.1 Å². The molecule has 1 saturated carbocycles. The zero-order chi connectivity index (χ0) is 16.0. The van der Waals surface area contributed by atoms with E-state index in [-0.39, 0.29) is 17.8 Å². The monoisotopic (exact) mass is 333 g/mol. The fourth-order valence-corrected chi connectivity index (χ4v) is 4.66. The lowest BCUT2D eigenvalue weighted by atomic mass is 9.87.